The molecule has 0 aromatic heterocycles. The van der Waals surface area contributed by atoms with Crippen LogP contribution in [0.4, 0.5) is 5.69 Å². The maximum absolute atomic E-state index is 12.2. The average molecular weight is 284 g/mol. The highest BCUT2D eigenvalue weighted by Crippen LogP contribution is 2.20. The predicted octanol–water partition coefficient (Wildman–Crippen LogP) is 2.34. The van der Waals surface area contributed by atoms with Crippen LogP contribution in [0.15, 0.2) is 18.2 Å². The van der Waals surface area contributed by atoms with Crippen molar-refractivity contribution in [2.24, 2.45) is 0 Å². The molecule has 0 heterocycles. The molecular weight excluding hydrogens is 262 g/mol. The third-order valence-electron chi connectivity index (χ3n) is 3.22. The molecule has 0 aliphatic carbocycles. The normalized spacial score (nSPS) is 10.8. The second kappa shape index (κ2) is 7.36. The van der Waals surface area contributed by atoms with Crippen molar-refractivity contribution in [2.75, 3.05) is 39.0 Å². The van der Waals surface area contributed by atoms with Gasteiger partial charge in [-0.3, -0.25) is 4.79 Å². The van der Waals surface area contributed by atoms with Crippen LogP contribution in [0.5, 0.6) is 0 Å². The number of amides is 1. The second-order valence-electron chi connectivity index (χ2n) is 4.49. The summed E-state index contributed by atoms with van der Waals surface area (Å²) in [6, 6.07) is 4.97. The fourth-order valence-corrected chi connectivity index (χ4v) is 2.11. The molecule has 106 valence electrons. The molecule has 0 aliphatic rings. The van der Waals surface area contributed by atoms with Gasteiger partial charge < -0.3 is 15.5 Å². The molecule has 0 spiro atoms. The lowest BCUT2D eigenvalue weighted by Gasteiger charge is -2.23. The lowest BCUT2D eigenvalue weighted by atomic mass is 10.2. The minimum absolute atomic E-state index is 0.0721. The van der Waals surface area contributed by atoms with E-state index in [-0.39, 0.29) is 5.91 Å². The van der Waals surface area contributed by atoms with E-state index in [9.17, 15) is 4.79 Å². The molecule has 0 radical (unpaired) electrons. The minimum atomic E-state index is -0.0721. The highest BCUT2D eigenvalue weighted by Gasteiger charge is 2.15. The Hall–Kier alpha value is -1.26. The van der Waals surface area contributed by atoms with Crippen molar-refractivity contribution in [1.82, 2.24) is 9.80 Å². The summed E-state index contributed by atoms with van der Waals surface area (Å²) in [5, 5.41) is 0.402. The van der Waals surface area contributed by atoms with E-state index < -0.39 is 0 Å². The van der Waals surface area contributed by atoms with Crippen LogP contribution in [0, 0.1) is 0 Å². The Kier molecular flexibility index (Phi) is 6.12. The molecule has 0 fully saturated rings. The van der Waals surface area contributed by atoms with Crippen LogP contribution in [0.1, 0.15) is 24.2 Å². The third-order valence-corrected chi connectivity index (χ3v) is 3.53. The molecule has 0 atom stereocenters. The number of nitrogens with zero attached hydrogens (tertiary/aromatic N) is 2. The molecule has 1 amide bonds. The van der Waals surface area contributed by atoms with Crippen LogP contribution >= 0.6 is 11.6 Å². The van der Waals surface area contributed by atoms with Crippen LogP contribution in [-0.4, -0.2) is 48.9 Å². The van der Waals surface area contributed by atoms with Crippen LogP contribution in [0.25, 0.3) is 0 Å². The van der Waals surface area contributed by atoms with Crippen LogP contribution < -0.4 is 5.73 Å². The molecule has 1 aromatic carbocycles. The fourth-order valence-electron chi connectivity index (χ4n) is 1.84. The van der Waals surface area contributed by atoms with Gasteiger partial charge in [-0.15, -0.1) is 0 Å². The molecule has 0 bridgehead atoms. The van der Waals surface area contributed by atoms with Gasteiger partial charge >= 0.3 is 0 Å². The Morgan fingerprint density at radius 2 is 1.89 bits per heavy atom. The first-order valence-electron chi connectivity index (χ1n) is 6.52. The van der Waals surface area contributed by atoms with E-state index in [1.165, 1.54) is 0 Å². The lowest BCUT2D eigenvalue weighted by molar-refractivity contribution is 0.0780. The molecule has 5 heteroatoms. The first-order chi connectivity index (χ1) is 8.99. The molecule has 1 rings (SSSR count). The zero-order valence-electron chi connectivity index (χ0n) is 11.8. The number of rotatable bonds is 6. The Balaban J connectivity index is 2.66. The Bertz CT molecular complexity index is 433. The van der Waals surface area contributed by atoms with Gasteiger partial charge in [0.05, 0.1) is 10.6 Å². The van der Waals surface area contributed by atoms with Crippen molar-refractivity contribution in [3.8, 4) is 0 Å². The average Bonchev–Trinajstić information content (AvgIpc) is 2.39. The van der Waals surface area contributed by atoms with Gasteiger partial charge in [0.15, 0.2) is 0 Å². The van der Waals surface area contributed by atoms with Gasteiger partial charge in [0.1, 0.15) is 0 Å². The summed E-state index contributed by atoms with van der Waals surface area (Å²) in [4.78, 5) is 16.2. The van der Waals surface area contributed by atoms with E-state index in [0.29, 0.717) is 22.8 Å². The van der Waals surface area contributed by atoms with Crippen molar-refractivity contribution in [1.29, 1.82) is 0 Å². The summed E-state index contributed by atoms with van der Waals surface area (Å²) in [5.74, 6) is -0.0721. The molecule has 0 aliphatic heterocycles. The maximum atomic E-state index is 12.2. The maximum Gasteiger partial charge on any atom is 0.255 e. The van der Waals surface area contributed by atoms with E-state index in [1.54, 1.807) is 30.1 Å². The van der Waals surface area contributed by atoms with Crippen LogP contribution in [-0.2, 0) is 0 Å². The lowest BCUT2D eigenvalue weighted by Crippen LogP contribution is -2.36. The molecule has 19 heavy (non-hydrogen) atoms. The summed E-state index contributed by atoms with van der Waals surface area (Å²) >= 11 is 6.05. The van der Waals surface area contributed by atoms with Gasteiger partial charge in [0.2, 0.25) is 0 Å². The van der Waals surface area contributed by atoms with E-state index in [0.717, 1.165) is 19.6 Å². The SMILES string of the molecule is CCN(CC)CCN(C)C(=O)c1ccc(N)cc1Cl. The highest BCUT2D eigenvalue weighted by molar-refractivity contribution is 6.34. The summed E-state index contributed by atoms with van der Waals surface area (Å²) < 4.78 is 0. The van der Waals surface area contributed by atoms with Crippen molar-refractivity contribution in [3.05, 3.63) is 28.8 Å². The number of carbonyl (C=O) groups excluding carboxylic acids is 1. The quantitative estimate of drug-likeness (QED) is 0.815. The number of nitrogen functional groups attached to an aromatic ring is 1. The summed E-state index contributed by atoms with van der Waals surface area (Å²) in [6.45, 7) is 7.75. The number of likely N-dealkylation sites (N-methyl/N-ethyl adjacent to an activating group) is 2. The number of hydrogen-bond acceptors (Lipinski definition) is 3. The van der Waals surface area contributed by atoms with E-state index in [1.807, 2.05) is 0 Å². The predicted molar refractivity (Wildman–Crippen MR) is 80.6 cm³/mol. The highest BCUT2D eigenvalue weighted by atomic mass is 35.5. The Labute approximate surface area is 120 Å². The summed E-state index contributed by atoms with van der Waals surface area (Å²) in [7, 11) is 1.79. The smallest absolute Gasteiger partial charge is 0.255 e. The first kappa shape index (κ1) is 15.8. The largest absolute Gasteiger partial charge is 0.399 e. The minimum Gasteiger partial charge on any atom is -0.399 e. The zero-order chi connectivity index (χ0) is 14.4. The number of nitrogens with two attached hydrogens (primary N) is 1. The number of hydrogen-bond donors (Lipinski definition) is 1. The number of halogens is 1. The summed E-state index contributed by atoms with van der Waals surface area (Å²) in [6.07, 6.45) is 0. The van der Waals surface area contributed by atoms with Gasteiger partial charge in [0, 0.05) is 25.8 Å². The third kappa shape index (κ3) is 4.40. The molecular formula is C14H22ClN3O. The van der Waals surface area contributed by atoms with E-state index >= 15 is 0 Å². The van der Waals surface area contributed by atoms with Crippen molar-refractivity contribution in [2.45, 2.75) is 13.8 Å². The van der Waals surface area contributed by atoms with Gasteiger partial charge in [-0.05, 0) is 31.3 Å². The molecule has 1 aromatic rings. The number of carbonyl (C=O) groups is 1. The van der Waals surface area contributed by atoms with Crippen molar-refractivity contribution < 1.29 is 4.79 Å². The zero-order valence-corrected chi connectivity index (χ0v) is 12.6. The fraction of sp³-hybridized carbons (Fsp3) is 0.500. The Morgan fingerprint density at radius 3 is 2.42 bits per heavy atom. The van der Waals surface area contributed by atoms with E-state index in [2.05, 4.69) is 18.7 Å². The van der Waals surface area contributed by atoms with Gasteiger partial charge in [-0.25, -0.2) is 0 Å². The van der Waals surface area contributed by atoms with Gasteiger partial charge in [-0.1, -0.05) is 25.4 Å². The number of anilines is 1. The summed E-state index contributed by atoms with van der Waals surface area (Å²) in [5.41, 5.74) is 6.68. The molecule has 0 unspecified atom stereocenters. The van der Waals surface area contributed by atoms with Crippen molar-refractivity contribution in [3.63, 3.8) is 0 Å². The topological polar surface area (TPSA) is 49.6 Å². The molecule has 4 nitrogen and oxygen atoms in total. The van der Waals surface area contributed by atoms with E-state index in [4.69, 9.17) is 17.3 Å². The first-order valence-corrected chi connectivity index (χ1v) is 6.90. The van der Waals surface area contributed by atoms with Crippen LogP contribution in [0.2, 0.25) is 5.02 Å². The molecule has 0 saturated heterocycles. The standard InChI is InChI=1S/C14H22ClN3O/c1-4-18(5-2)9-8-17(3)14(19)12-7-6-11(16)10-13(12)15/h6-7,10H,4-5,8-9,16H2,1-3H3. The Morgan fingerprint density at radius 1 is 1.26 bits per heavy atom. The number of benzene rings is 1. The van der Waals surface area contributed by atoms with Crippen molar-refractivity contribution >= 4 is 23.2 Å². The monoisotopic (exact) mass is 283 g/mol. The molecule has 0 saturated carbocycles. The van der Waals surface area contributed by atoms with Gasteiger partial charge in [-0.2, -0.15) is 0 Å². The van der Waals surface area contributed by atoms with Gasteiger partial charge in [0.25, 0.3) is 5.91 Å². The second-order valence-corrected chi connectivity index (χ2v) is 4.90. The van der Waals surface area contributed by atoms with Crippen LogP contribution in [0.3, 0.4) is 0 Å². The molecule has 2 N–H and O–H groups in total.